The molecular formula is C14H14BrN3O. The van der Waals surface area contributed by atoms with Crippen molar-refractivity contribution < 1.29 is 4.79 Å². The van der Waals surface area contributed by atoms with Gasteiger partial charge >= 0.3 is 0 Å². The molecule has 0 unspecified atom stereocenters. The lowest BCUT2D eigenvalue weighted by Crippen LogP contribution is -2.28. The first kappa shape index (κ1) is 13.7. The standard InChI is InChI=1S/C14H14BrN3O/c1-2-12(10-3-5-11(15)6-4-10)18-14(19)13-9-16-7-8-17-13/h3-9,12H,2H2,1H3,(H,18,19)/t12-/m1/s1. The van der Waals surface area contributed by atoms with Crippen LogP contribution in [0.5, 0.6) is 0 Å². The smallest absolute Gasteiger partial charge is 0.271 e. The van der Waals surface area contributed by atoms with E-state index < -0.39 is 0 Å². The Morgan fingerprint density at radius 2 is 2.05 bits per heavy atom. The fourth-order valence-corrected chi connectivity index (χ4v) is 2.03. The van der Waals surface area contributed by atoms with Gasteiger partial charge < -0.3 is 5.32 Å². The Hall–Kier alpha value is -1.75. The van der Waals surface area contributed by atoms with Crippen LogP contribution in [0.2, 0.25) is 0 Å². The number of nitrogens with one attached hydrogen (secondary N) is 1. The van der Waals surface area contributed by atoms with Gasteiger partial charge in [0.05, 0.1) is 12.2 Å². The van der Waals surface area contributed by atoms with Crippen molar-refractivity contribution in [3.8, 4) is 0 Å². The molecule has 1 N–H and O–H groups in total. The number of carbonyl (C=O) groups excluding carboxylic acids is 1. The lowest BCUT2D eigenvalue weighted by atomic mass is 10.0. The predicted molar refractivity (Wildman–Crippen MR) is 76.7 cm³/mol. The maximum atomic E-state index is 12.0. The van der Waals surface area contributed by atoms with Gasteiger partial charge in [-0.1, -0.05) is 35.0 Å². The van der Waals surface area contributed by atoms with Crippen molar-refractivity contribution >= 4 is 21.8 Å². The first-order valence-corrected chi connectivity index (χ1v) is 6.82. The lowest BCUT2D eigenvalue weighted by molar-refractivity contribution is 0.0930. The lowest BCUT2D eigenvalue weighted by Gasteiger charge is -2.17. The van der Waals surface area contributed by atoms with Crippen molar-refractivity contribution in [1.29, 1.82) is 0 Å². The number of hydrogen-bond acceptors (Lipinski definition) is 3. The van der Waals surface area contributed by atoms with E-state index in [-0.39, 0.29) is 11.9 Å². The van der Waals surface area contributed by atoms with Crippen molar-refractivity contribution in [2.45, 2.75) is 19.4 Å². The SMILES string of the molecule is CC[C@@H](NC(=O)c1cnccn1)c1ccc(Br)cc1. The molecule has 2 rings (SSSR count). The molecule has 4 nitrogen and oxygen atoms in total. The summed E-state index contributed by atoms with van der Waals surface area (Å²) in [7, 11) is 0. The van der Waals surface area contributed by atoms with Crippen LogP contribution in [0.4, 0.5) is 0 Å². The second-order valence-corrected chi connectivity index (χ2v) is 4.99. The molecule has 0 aliphatic carbocycles. The number of nitrogens with zero attached hydrogens (tertiary/aromatic N) is 2. The van der Waals surface area contributed by atoms with E-state index in [1.165, 1.54) is 12.4 Å². The number of aromatic nitrogens is 2. The fraction of sp³-hybridized carbons (Fsp3) is 0.214. The highest BCUT2D eigenvalue weighted by Gasteiger charge is 2.14. The molecular weight excluding hydrogens is 306 g/mol. The maximum absolute atomic E-state index is 12.0. The van der Waals surface area contributed by atoms with E-state index >= 15 is 0 Å². The van der Waals surface area contributed by atoms with Gasteiger partial charge in [-0.3, -0.25) is 9.78 Å². The number of amides is 1. The Morgan fingerprint density at radius 3 is 2.63 bits per heavy atom. The van der Waals surface area contributed by atoms with E-state index in [0.29, 0.717) is 5.69 Å². The van der Waals surface area contributed by atoms with Gasteiger partial charge in [-0.25, -0.2) is 4.98 Å². The van der Waals surface area contributed by atoms with Crippen LogP contribution >= 0.6 is 15.9 Å². The molecule has 2 aromatic rings. The van der Waals surface area contributed by atoms with E-state index in [2.05, 4.69) is 31.2 Å². The van der Waals surface area contributed by atoms with Gasteiger partial charge in [0.25, 0.3) is 5.91 Å². The molecule has 0 saturated carbocycles. The Balaban J connectivity index is 2.11. The van der Waals surface area contributed by atoms with Gasteiger partial charge in [-0.15, -0.1) is 0 Å². The Kier molecular flexibility index (Phi) is 4.63. The van der Waals surface area contributed by atoms with Crippen molar-refractivity contribution in [2.75, 3.05) is 0 Å². The Morgan fingerprint density at radius 1 is 1.32 bits per heavy atom. The highest BCUT2D eigenvalue weighted by atomic mass is 79.9. The van der Waals surface area contributed by atoms with Crippen molar-refractivity contribution in [3.63, 3.8) is 0 Å². The zero-order valence-electron chi connectivity index (χ0n) is 10.5. The summed E-state index contributed by atoms with van der Waals surface area (Å²) in [6.07, 6.45) is 5.33. The molecule has 0 aliphatic heterocycles. The minimum atomic E-state index is -0.206. The molecule has 0 bridgehead atoms. The quantitative estimate of drug-likeness (QED) is 0.942. The molecule has 98 valence electrons. The van der Waals surface area contributed by atoms with Crippen molar-refractivity contribution in [1.82, 2.24) is 15.3 Å². The first-order valence-electron chi connectivity index (χ1n) is 6.03. The molecule has 1 aromatic carbocycles. The Labute approximate surface area is 120 Å². The molecule has 19 heavy (non-hydrogen) atoms. The van der Waals surface area contributed by atoms with Crippen LogP contribution in [0, 0.1) is 0 Å². The third-order valence-corrected chi connectivity index (χ3v) is 3.31. The zero-order valence-corrected chi connectivity index (χ0v) is 12.1. The molecule has 1 atom stereocenters. The van der Waals surface area contributed by atoms with Crippen LogP contribution in [0.3, 0.4) is 0 Å². The van der Waals surface area contributed by atoms with Crippen LogP contribution < -0.4 is 5.32 Å². The maximum Gasteiger partial charge on any atom is 0.271 e. The van der Waals surface area contributed by atoms with Crippen LogP contribution in [0.1, 0.15) is 35.4 Å². The van der Waals surface area contributed by atoms with Crippen LogP contribution in [0.15, 0.2) is 47.3 Å². The molecule has 0 saturated heterocycles. The van der Waals surface area contributed by atoms with Gasteiger partial charge in [0, 0.05) is 16.9 Å². The molecule has 0 radical (unpaired) electrons. The van der Waals surface area contributed by atoms with E-state index in [9.17, 15) is 4.79 Å². The molecule has 5 heteroatoms. The van der Waals surface area contributed by atoms with Gasteiger partial charge in [0.2, 0.25) is 0 Å². The van der Waals surface area contributed by atoms with E-state index in [0.717, 1.165) is 16.5 Å². The summed E-state index contributed by atoms with van der Waals surface area (Å²) in [6.45, 7) is 2.03. The molecule has 0 aliphatic rings. The molecule has 1 heterocycles. The summed E-state index contributed by atoms with van der Waals surface area (Å²) in [5, 5.41) is 2.96. The summed E-state index contributed by atoms with van der Waals surface area (Å²) in [4.78, 5) is 19.9. The van der Waals surface area contributed by atoms with Crippen molar-refractivity contribution in [2.24, 2.45) is 0 Å². The summed E-state index contributed by atoms with van der Waals surface area (Å²) in [5.41, 5.74) is 1.40. The summed E-state index contributed by atoms with van der Waals surface area (Å²) < 4.78 is 1.02. The minimum Gasteiger partial charge on any atom is -0.344 e. The largest absolute Gasteiger partial charge is 0.344 e. The summed E-state index contributed by atoms with van der Waals surface area (Å²) >= 11 is 3.40. The van der Waals surface area contributed by atoms with Gasteiger partial charge in [0.15, 0.2) is 0 Å². The zero-order chi connectivity index (χ0) is 13.7. The third kappa shape index (κ3) is 3.61. The van der Waals surface area contributed by atoms with Crippen LogP contribution in [0.25, 0.3) is 0 Å². The normalized spacial score (nSPS) is 11.9. The topological polar surface area (TPSA) is 54.9 Å². The summed E-state index contributed by atoms with van der Waals surface area (Å²) in [6, 6.07) is 7.89. The number of benzene rings is 1. The summed E-state index contributed by atoms with van der Waals surface area (Å²) in [5.74, 6) is -0.206. The fourth-order valence-electron chi connectivity index (χ4n) is 1.76. The van der Waals surface area contributed by atoms with E-state index in [1.54, 1.807) is 6.20 Å². The average Bonchev–Trinajstić information content (AvgIpc) is 2.46. The number of halogens is 1. The second kappa shape index (κ2) is 6.43. The van der Waals surface area contributed by atoms with Crippen LogP contribution in [-0.2, 0) is 0 Å². The second-order valence-electron chi connectivity index (χ2n) is 4.08. The number of hydrogen-bond donors (Lipinski definition) is 1. The van der Waals surface area contributed by atoms with Crippen molar-refractivity contribution in [3.05, 3.63) is 58.6 Å². The van der Waals surface area contributed by atoms with Gasteiger partial charge in [0.1, 0.15) is 5.69 Å². The highest BCUT2D eigenvalue weighted by Crippen LogP contribution is 2.19. The third-order valence-electron chi connectivity index (χ3n) is 2.78. The highest BCUT2D eigenvalue weighted by molar-refractivity contribution is 9.10. The minimum absolute atomic E-state index is 0.0254. The van der Waals surface area contributed by atoms with Crippen LogP contribution in [-0.4, -0.2) is 15.9 Å². The molecule has 0 spiro atoms. The predicted octanol–water partition coefficient (Wildman–Crippen LogP) is 3.12. The van der Waals surface area contributed by atoms with Gasteiger partial charge in [-0.2, -0.15) is 0 Å². The van der Waals surface area contributed by atoms with E-state index in [1.807, 2.05) is 31.2 Å². The number of rotatable bonds is 4. The molecule has 1 aromatic heterocycles. The van der Waals surface area contributed by atoms with Gasteiger partial charge in [-0.05, 0) is 24.1 Å². The number of carbonyl (C=O) groups is 1. The molecule has 0 fully saturated rings. The first-order chi connectivity index (χ1) is 9.20. The van der Waals surface area contributed by atoms with E-state index in [4.69, 9.17) is 0 Å². The monoisotopic (exact) mass is 319 g/mol. The Bertz CT molecular complexity index is 542. The average molecular weight is 320 g/mol. The molecule has 1 amide bonds.